The summed E-state index contributed by atoms with van der Waals surface area (Å²) in [5.41, 5.74) is 7.76. The molecular weight excluding hydrogens is 234 g/mol. The number of hydrogen-bond donors (Lipinski definition) is 4. The van der Waals surface area contributed by atoms with Gasteiger partial charge in [-0.2, -0.15) is 0 Å². The maximum atomic E-state index is 11.5. The van der Waals surface area contributed by atoms with Gasteiger partial charge < -0.3 is 15.7 Å². The summed E-state index contributed by atoms with van der Waals surface area (Å²) in [6.45, 7) is 0. The summed E-state index contributed by atoms with van der Waals surface area (Å²) in [4.78, 5) is 27.9. The van der Waals surface area contributed by atoms with E-state index in [1.165, 1.54) is 7.05 Å². The van der Waals surface area contributed by atoms with E-state index in [1.807, 2.05) is 6.07 Å². The van der Waals surface area contributed by atoms with Crippen molar-refractivity contribution in [3.8, 4) is 0 Å². The lowest BCUT2D eigenvalue weighted by atomic mass is 10.1. The van der Waals surface area contributed by atoms with Gasteiger partial charge in [-0.3, -0.25) is 9.80 Å². The molecule has 2 rings (SSSR count). The van der Waals surface area contributed by atoms with Gasteiger partial charge in [-0.25, -0.2) is 10.6 Å². The monoisotopic (exact) mass is 249 g/mol. The number of hydrogen-bond acceptors (Lipinski definition) is 4. The Labute approximate surface area is 103 Å². The number of rotatable bonds is 3. The molecule has 0 radical (unpaired) electrons. The van der Waals surface area contributed by atoms with Crippen molar-refractivity contribution in [2.45, 2.75) is 12.5 Å². The van der Waals surface area contributed by atoms with Gasteiger partial charge in [-0.05, 0) is 24.1 Å². The first kappa shape index (κ1) is 12.3. The molecule has 0 aliphatic rings. The van der Waals surface area contributed by atoms with Crippen LogP contribution in [0.1, 0.15) is 5.56 Å². The van der Waals surface area contributed by atoms with E-state index in [9.17, 15) is 9.59 Å². The summed E-state index contributed by atoms with van der Waals surface area (Å²) >= 11 is 0. The Morgan fingerprint density at radius 1 is 1.39 bits per heavy atom. The molecule has 0 fully saturated rings. The van der Waals surface area contributed by atoms with E-state index in [4.69, 9.17) is 11.6 Å². The summed E-state index contributed by atoms with van der Waals surface area (Å²) in [7, 11) is 1.45. The molecule has 1 heterocycles. The molecule has 1 amide bonds. The predicted molar refractivity (Wildman–Crippen MR) is 67.6 cm³/mol. The highest BCUT2D eigenvalue weighted by Gasteiger charge is 2.16. The zero-order valence-corrected chi connectivity index (χ0v) is 9.93. The Morgan fingerprint density at radius 2 is 2.06 bits per heavy atom. The Morgan fingerprint density at radius 3 is 2.72 bits per heavy atom. The van der Waals surface area contributed by atoms with Crippen molar-refractivity contribution >= 4 is 16.9 Å². The molecule has 96 valence electrons. The molecule has 0 saturated heterocycles. The van der Waals surface area contributed by atoms with Crippen LogP contribution in [-0.2, 0) is 11.2 Å². The second kappa shape index (κ2) is 4.63. The van der Waals surface area contributed by atoms with Gasteiger partial charge in [-0.15, -0.1) is 0 Å². The van der Waals surface area contributed by atoms with Crippen LogP contribution in [0.15, 0.2) is 23.0 Å². The third kappa shape index (κ3) is 2.41. The standard InChI is InChI=1S/C11H15N5O2/c1-16(13)10(17)7(12)4-6-2-3-8-9(5-6)15-11(18)14-8/h2-3,5,7H,4,12-13H2,1H3,(H2,14,15,18). The van der Waals surface area contributed by atoms with Crippen molar-refractivity contribution in [2.75, 3.05) is 7.05 Å². The second-order valence-corrected chi connectivity index (χ2v) is 4.22. The molecule has 18 heavy (non-hydrogen) atoms. The molecule has 0 bridgehead atoms. The molecule has 2 aromatic rings. The molecule has 7 nitrogen and oxygen atoms in total. The topological polar surface area (TPSA) is 121 Å². The van der Waals surface area contributed by atoms with Crippen LogP contribution in [0.2, 0.25) is 0 Å². The van der Waals surface area contributed by atoms with Gasteiger partial charge in [0.1, 0.15) is 0 Å². The summed E-state index contributed by atoms with van der Waals surface area (Å²) < 4.78 is 0. The number of benzene rings is 1. The molecule has 0 spiro atoms. The molecule has 1 aromatic heterocycles. The highest BCUT2D eigenvalue weighted by Crippen LogP contribution is 2.11. The van der Waals surface area contributed by atoms with Crippen LogP contribution < -0.4 is 17.3 Å². The molecule has 0 aliphatic carbocycles. The van der Waals surface area contributed by atoms with Crippen LogP contribution in [0.4, 0.5) is 0 Å². The fourth-order valence-corrected chi connectivity index (χ4v) is 1.81. The van der Waals surface area contributed by atoms with Crippen molar-refractivity contribution in [1.29, 1.82) is 0 Å². The van der Waals surface area contributed by atoms with Crippen molar-refractivity contribution < 1.29 is 4.79 Å². The van der Waals surface area contributed by atoms with Gasteiger partial charge in [0, 0.05) is 7.05 Å². The molecular formula is C11H15N5O2. The first-order valence-electron chi connectivity index (χ1n) is 5.46. The van der Waals surface area contributed by atoms with E-state index in [2.05, 4.69) is 9.97 Å². The zero-order valence-electron chi connectivity index (χ0n) is 9.93. The van der Waals surface area contributed by atoms with Gasteiger partial charge in [-0.1, -0.05) is 6.07 Å². The number of nitrogens with one attached hydrogen (secondary N) is 2. The summed E-state index contributed by atoms with van der Waals surface area (Å²) in [6, 6.07) is 4.68. The minimum absolute atomic E-state index is 0.260. The third-order valence-electron chi connectivity index (χ3n) is 2.70. The Bertz CT molecular complexity index is 628. The van der Waals surface area contributed by atoms with Crippen LogP contribution in [-0.4, -0.2) is 34.0 Å². The molecule has 1 unspecified atom stereocenters. The maximum Gasteiger partial charge on any atom is 0.323 e. The number of carbonyl (C=O) groups excluding carboxylic acids is 1. The molecule has 1 atom stereocenters. The number of imidazole rings is 1. The van der Waals surface area contributed by atoms with E-state index in [0.29, 0.717) is 11.9 Å². The normalized spacial score (nSPS) is 12.6. The second-order valence-electron chi connectivity index (χ2n) is 4.22. The van der Waals surface area contributed by atoms with Crippen molar-refractivity contribution in [2.24, 2.45) is 11.6 Å². The number of H-pyrrole nitrogens is 2. The van der Waals surface area contributed by atoms with Crippen LogP contribution >= 0.6 is 0 Å². The SMILES string of the molecule is CN(N)C(=O)C(N)Cc1ccc2[nH]c(=O)[nH]c2c1. The van der Waals surface area contributed by atoms with E-state index < -0.39 is 6.04 Å². The number of likely N-dealkylation sites (N-methyl/N-ethyl adjacent to an activating group) is 1. The van der Waals surface area contributed by atoms with Gasteiger partial charge in [0.2, 0.25) is 0 Å². The number of hydrazine groups is 1. The van der Waals surface area contributed by atoms with Gasteiger partial charge in [0.05, 0.1) is 17.1 Å². The minimum atomic E-state index is -0.692. The van der Waals surface area contributed by atoms with E-state index in [1.54, 1.807) is 12.1 Å². The Hall–Kier alpha value is -2.12. The van der Waals surface area contributed by atoms with Gasteiger partial charge in [0.15, 0.2) is 0 Å². The zero-order chi connectivity index (χ0) is 13.3. The molecule has 6 N–H and O–H groups in total. The fourth-order valence-electron chi connectivity index (χ4n) is 1.81. The first-order chi connectivity index (χ1) is 8.47. The van der Waals surface area contributed by atoms with Crippen molar-refractivity contribution in [3.63, 3.8) is 0 Å². The quantitative estimate of drug-likeness (QED) is 0.318. The number of nitrogens with two attached hydrogens (primary N) is 2. The minimum Gasteiger partial charge on any atom is -0.320 e. The molecule has 7 heteroatoms. The fraction of sp³-hybridized carbons (Fsp3) is 0.273. The lowest BCUT2D eigenvalue weighted by Crippen LogP contribution is -2.46. The maximum absolute atomic E-state index is 11.5. The Balaban J connectivity index is 2.21. The smallest absolute Gasteiger partial charge is 0.320 e. The number of aromatic nitrogens is 2. The van der Waals surface area contributed by atoms with Gasteiger partial charge >= 0.3 is 5.69 Å². The van der Waals surface area contributed by atoms with Crippen molar-refractivity contribution in [1.82, 2.24) is 15.0 Å². The van der Waals surface area contributed by atoms with E-state index >= 15 is 0 Å². The highest BCUT2D eigenvalue weighted by atomic mass is 16.2. The summed E-state index contributed by atoms with van der Waals surface area (Å²) in [6.07, 6.45) is 0.365. The average molecular weight is 249 g/mol. The summed E-state index contributed by atoms with van der Waals surface area (Å²) in [5.74, 6) is 5.00. The summed E-state index contributed by atoms with van der Waals surface area (Å²) in [5, 5.41) is 0.974. The number of aromatic amines is 2. The van der Waals surface area contributed by atoms with Crippen LogP contribution in [0.3, 0.4) is 0 Å². The average Bonchev–Trinajstić information content (AvgIpc) is 2.67. The van der Waals surface area contributed by atoms with Crippen molar-refractivity contribution in [3.05, 3.63) is 34.2 Å². The number of amides is 1. The molecule has 0 aliphatic heterocycles. The van der Waals surface area contributed by atoms with E-state index in [-0.39, 0.29) is 11.6 Å². The van der Waals surface area contributed by atoms with Crippen LogP contribution in [0.25, 0.3) is 11.0 Å². The lowest BCUT2D eigenvalue weighted by molar-refractivity contribution is -0.131. The van der Waals surface area contributed by atoms with E-state index in [0.717, 1.165) is 16.1 Å². The number of nitrogens with zero attached hydrogens (tertiary/aromatic N) is 1. The highest BCUT2D eigenvalue weighted by molar-refractivity contribution is 5.81. The third-order valence-corrected chi connectivity index (χ3v) is 2.70. The van der Waals surface area contributed by atoms with Crippen LogP contribution in [0.5, 0.6) is 0 Å². The predicted octanol–water partition coefficient (Wildman–Crippen LogP) is -0.942. The Kier molecular flexibility index (Phi) is 3.17. The van der Waals surface area contributed by atoms with Gasteiger partial charge in [0.25, 0.3) is 5.91 Å². The largest absolute Gasteiger partial charge is 0.323 e. The molecule has 0 saturated carbocycles. The first-order valence-corrected chi connectivity index (χ1v) is 5.46. The molecule has 1 aromatic carbocycles. The number of carbonyl (C=O) groups is 1. The number of fused-ring (bicyclic) bond motifs is 1. The lowest BCUT2D eigenvalue weighted by Gasteiger charge is -2.16. The van der Waals surface area contributed by atoms with Crippen LogP contribution in [0, 0.1) is 0 Å².